The second-order valence-electron chi connectivity index (χ2n) is 10.4. The second kappa shape index (κ2) is 12.4. The molecule has 1 aliphatic heterocycles. The molecule has 0 saturated carbocycles. The number of aromatic nitrogens is 1. The number of hydrogen-bond acceptors (Lipinski definition) is 5. The van der Waals surface area contributed by atoms with Crippen molar-refractivity contribution in [2.75, 3.05) is 42.1 Å². The molecule has 1 amide bonds. The number of anilines is 3. The summed E-state index contributed by atoms with van der Waals surface area (Å²) < 4.78 is 39.5. The molecule has 4 aromatic rings. The van der Waals surface area contributed by atoms with Crippen LogP contribution in [0.2, 0.25) is 5.02 Å². The van der Waals surface area contributed by atoms with Crippen LogP contribution in [0.15, 0.2) is 79.0 Å². The highest BCUT2D eigenvalue weighted by Gasteiger charge is 2.31. The van der Waals surface area contributed by atoms with Crippen molar-refractivity contribution in [2.45, 2.75) is 26.1 Å². The average Bonchev–Trinajstić information content (AvgIpc) is 3.20. The third kappa shape index (κ3) is 7.03. The number of alkyl halides is 3. The number of rotatable bonds is 6. The van der Waals surface area contributed by atoms with Gasteiger partial charge in [-0.1, -0.05) is 29.8 Å². The number of pyridine rings is 1. The molecule has 0 radical (unpaired) electrons. The number of nitrogens with one attached hydrogen (secondary N) is 1. The molecular formula is C32H31ClF3N5O. The Bertz CT molecular complexity index is 1560. The number of nitrogens with two attached hydrogens (primary N) is 1. The van der Waals surface area contributed by atoms with Crippen LogP contribution in [0, 0.1) is 6.92 Å². The number of aryl methyl sites for hydroxylation is 1. The molecule has 3 aromatic carbocycles. The van der Waals surface area contributed by atoms with Crippen LogP contribution < -0.4 is 16.0 Å². The lowest BCUT2D eigenvalue weighted by atomic mass is 9.97. The molecule has 42 heavy (non-hydrogen) atoms. The van der Waals surface area contributed by atoms with E-state index >= 15 is 0 Å². The molecular weight excluding hydrogens is 563 g/mol. The quantitative estimate of drug-likeness (QED) is 0.230. The smallest absolute Gasteiger partial charge is 0.399 e. The molecule has 0 spiro atoms. The highest BCUT2D eigenvalue weighted by atomic mass is 35.5. The highest BCUT2D eigenvalue weighted by Crippen LogP contribution is 2.32. The number of carbonyl (C=O) groups is 1. The van der Waals surface area contributed by atoms with Gasteiger partial charge in [0.2, 0.25) is 0 Å². The van der Waals surface area contributed by atoms with Gasteiger partial charge in [0.25, 0.3) is 5.91 Å². The Kier molecular flexibility index (Phi) is 8.70. The number of halogens is 4. The normalized spacial score (nSPS) is 14.5. The van der Waals surface area contributed by atoms with Crippen molar-refractivity contribution in [3.05, 3.63) is 106 Å². The Morgan fingerprint density at radius 2 is 1.76 bits per heavy atom. The van der Waals surface area contributed by atoms with Gasteiger partial charge in [-0.25, -0.2) is 4.98 Å². The van der Waals surface area contributed by atoms with Crippen molar-refractivity contribution in [1.82, 2.24) is 9.88 Å². The van der Waals surface area contributed by atoms with E-state index in [4.69, 9.17) is 17.3 Å². The van der Waals surface area contributed by atoms with E-state index in [0.717, 1.165) is 54.2 Å². The van der Waals surface area contributed by atoms with Gasteiger partial charge in [0, 0.05) is 49.0 Å². The van der Waals surface area contributed by atoms with Gasteiger partial charge in [0.15, 0.2) is 0 Å². The SMILES string of the molecule is Cc1ccc(C(=O)Nc2ccc(N3CCCN(Cc4cc(C(F)(F)F)ccc4Cl)CC3)nc2)cc1-c1ccc(N)cc1. The first kappa shape index (κ1) is 29.4. The summed E-state index contributed by atoms with van der Waals surface area (Å²) in [5.41, 5.74) is 10.4. The molecule has 1 saturated heterocycles. The minimum Gasteiger partial charge on any atom is -0.399 e. The van der Waals surface area contributed by atoms with E-state index in [0.29, 0.717) is 47.2 Å². The summed E-state index contributed by atoms with van der Waals surface area (Å²) in [5, 5.41) is 3.25. The molecule has 3 N–H and O–H groups in total. The summed E-state index contributed by atoms with van der Waals surface area (Å²) in [6, 6.07) is 20.3. The summed E-state index contributed by atoms with van der Waals surface area (Å²) in [5.74, 6) is 0.535. The van der Waals surface area contributed by atoms with Crippen LogP contribution >= 0.6 is 11.6 Å². The molecule has 1 aromatic heterocycles. The maximum absolute atomic E-state index is 13.2. The molecule has 2 heterocycles. The Labute approximate surface area is 247 Å². The Balaban J connectivity index is 1.20. The van der Waals surface area contributed by atoms with Crippen LogP contribution in [0.4, 0.5) is 30.4 Å². The van der Waals surface area contributed by atoms with E-state index in [1.165, 1.54) is 6.07 Å². The zero-order valence-corrected chi connectivity index (χ0v) is 23.8. The van der Waals surface area contributed by atoms with E-state index in [9.17, 15) is 18.0 Å². The molecule has 6 nitrogen and oxygen atoms in total. The topological polar surface area (TPSA) is 74.5 Å². The zero-order valence-electron chi connectivity index (χ0n) is 23.1. The molecule has 1 fully saturated rings. The number of nitrogen functional groups attached to an aromatic ring is 1. The number of amides is 1. The van der Waals surface area contributed by atoms with E-state index < -0.39 is 11.7 Å². The van der Waals surface area contributed by atoms with Gasteiger partial charge in [-0.05, 0) is 90.2 Å². The molecule has 218 valence electrons. The first-order valence-electron chi connectivity index (χ1n) is 13.6. The highest BCUT2D eigenvalue weighted by molar-refractivity contribution is 6.31. The van der Waals surface area contributed by atoms with E-state index in [1.54, 1.807) is 12.3 Å². The Morgan fingerprint density at radius 1 is 0.976 bits per heavy atom. The van der Waals surface area contributed by atoms with Crippen LogP contribution in [0.3, 0.4) is 0 Å². The first-order chi connectivity index (χ1) is 20.1. The van der Waals surface area contributed by atoms with Gasteiger partial charge in [-0.3, -0.25) is 9.69 Å². The predicted octanol–water partition coefficient (Wildman–Crippen LogP) is 7.28. The summed E-state index contributed by atoms with van der Waals surface area (Å²) in [4.78, 5) is 21.9. The molecule has 1 aliphatic rings. The monoisotopic (exact) mass is 593 g/mol. The molecule has 0 unspecified atom stereocenters. The van der Waals surface area contributed by atoms with Crippen molar-refractivity contribution in [2.24, 2.45) is 0 Å². The lowest BCUT2D eigenvalue weighted by Gasteiger charge is -2.23. The van der Waals surface area contributed by atoms with Gasteiger partial charge >= 0.3 is 6.18 Å². The molecule has 10 heteroatoms. The summed E-state index contributed by atoms with van der Waals surface area (Å²) in [6.07, 6.45) is -1.96. The molecule has 0 atom stereocenters. The number of nitrogens with zero attached hydrogens (tertiary/aromatic N) is 3. The minimum atomic E-state index is -4.41. The van der Waals surface area contributed by atoms with Crippen LogP contribution in [0.25, 0.3) is 11.1 Å². The average molecular weight is 594 g/mol. The Hall–Kier alpha value is -4.08. The van der Waals surface area contributed by atoms with Crippen LogP contribution in [0.5, 0.6) is 0 Å². The number of benzene rings is 3. The van der Waals surface area contributed by atoms with Crippen molar-refractivity contribution < 1.29 is 18.0 Å². The van der Waals surface area contributed by atoms with E-state index in [2.05, 4.69) is 20.1 Å². The summed E-state index contributed by atoms with van der Waals surface area (Å²) in [6.45, 7) is 5.13. The van der Waals surface area contributed by atoms with Crippen LogP contribution in [-0.4, -0.2) is 42.0 Å². The van der Waals surface area contributed by atoms with Gasteiger partial charge in [0.1, 0.15) is 5.82 Å². The number of carbonyl (C=O) groups excluding carboxylic acids is 1. The third-order valence-corrected chi connectivity index (χ3v) is 7.78. The zero-order chi connectivity index (χ0) is 29.9. The third-order valence-electron chi connectivity index (χ3n) is 7.41. The maximum atomic E-state index is 13.2. The second-order valence-corrected chi connectivity index (χ2v) is 10.8. The predicted molar refractivity (Wildman–Crippen MR) is 162 cm³/mol. The van der Waals surface area contributed by atoms with Gasteiger partial charge in [0.05, 0.1) is 17.4 Å². The van der Waals surface area contributed by atoms with Gasteiger partial charge in [-0.15, -0.1) is 0 Å². The summed E-state index contributed by atoms with van der Waals surface area (Å²) >= 11 is 6.22. The lowest BCUT2D eigenvalue weighted by molar-refractivity contribution is -0.137. The van der Waals surface area contributed by atoms with Crippen molar-refractivity contribution >= 4 is 34.7 Å². The van der Waals surface area contributed by atoms with Crippen molar-refractivity contribution in [3.63, 3.8) is 0 Å². The minimum absolute atomic E-state index is 0.236. The maximum Gasteiger partial charge on any atom is 0.416 e. The fourth-order valence-corrected chi connectivity index (χ4v) is 5.24. The van der Waals surface area contributed by atoms with Crippen LogP contribution in [0.1, 0.15) is 33.5 Å². The van der Waals surface area contributed by atoms with Gasteiger partial charge < -0.3 is 16.0 Å². The summed E-state index contributed by atoms with van der Waals surface area (Å²) in [7, 11) is 0. The first-order valence-corrected chi connectivity index (χ1v) is 14.0. The molecule has 0 aliphatic carbocycles. The largest absolute Gasteiger partial charge is 0.416 e. The number of hydrogen-bond donors (Lipinski definition) is 2. The van der Waals surface area contributed by atoms with Crippen LogP contribution in [-0.2, 0) is 12.7 Å². The van der Waals surface area contributed by atoms with E-state index in [1.807, 2.05) is 55.5 Å². The van der Waals surface area contributed by atoms with Gasteiger partial charge in [-0.2, -0.15) is 13.2 Å². The Morgan fingerprint density at radius 3 is 2.48 bits per heavy atom. The fraction of sp³-hybridized carbons (Fsp3) is 0.250. The fourth-order valence-electron chi connectivity index (χ4n) is 5.06. The lowest BCUT2D eigenvalue weighted by Crippen LogP contribution is -2.31. The standard InChI is InChI=1S/C32H31ClF3N5O/c1-21-3-4-23(18-28(21)22-5-8-26(37)9-6-22)31(42)39-27-10-12-30(38-19-27)41-14-2-13-40(15-16-41)20-24-17-25(32(34,35)36)7-11-29(24)33/h3-12,17-19H,2,13-16,20,37H2,1H3,(H,39,42). The van der Waals surface area contributed by atoms with Crippen molar-refractivity contribution in [1.29, 1.82) is 0 Å². The van der Waals surface area contributed by atoms with Crippen molar-refractivity contribution in [3.8, 4) is 11.1 Å². The molecule has 0 bridgehead atoms. The molecule has 5 rings (SSSR count). The van der Waals surface area contributed by atoms with E-state index in [-0.39, 0.29) is 5.91 Å².